The van der Waals surface area contributed by atoms with Crippen LogP contribution in [0.15, 0.2) is 12.1 Å². The second-order valence-electron chi connectivity index (χ2n) is 3.40. The molecule has 0 aliphatic rings. The molecule has 0 saturated heterocycles. The number of nitrogen functional groups attached to an aromatic ring is 1. The van der Waals surface area contributed by atoms with Crippen LogP contribution in [0.2, 0.25) is 0 Å². The summed E-state index contributed by atoms with van der Waals surface area (Å²) in [5.41, 5.74) is 7.34. The first-order valence-corrected chi connectivity index (χ1v) is 6.17. The van der Waals surface area contributed by atoms with E-state index in [0.29, 0.717) is 9.26 Å². The number of anilines is 2. The SMILES string of the molecule is CCCN(CC)c1cc(F)c(I)cc1N. The minimum absolute atomic E-state index is 0.200. The number of halogens is 2. The summed E-state index contributed by atoms with van der Waals surface area (Å²) in [6.45, 7) is 5.89. The van der Waals surface area contributed by atoms with Crippen LogP contribution in [-0.4, -0.2) is 13.1 Å². The molecule has 0 unspecified atom stereocenters. The van der Waals surface area contributed by atoms with Gasteiger partial charge in [-0.25, -0.2) is 4.39 Å². The number of nitrogens with zero attached hydrogens (tertiary/aromatic N) is 1. The van der Waals surface area contributed by atoms with Crippen molar-refractivity contribution in [3.05, 3.63) is 21.5 Å². The van der Waals surface area contributed by atoms with Crippen molar-refractivity contribution < 1.29 is 4.39 Å². The lowest BCUT2D eigenvalue weighted by Gasteiger charge is -2.24. The largest absolute Gasteiger partial charge is 0.397 e. The van der Waals surface area contributed by atoms with E-state index in [0.717, 1.165) is 25.2 Å². The first-order chi connectivity index (χ1) is 7.10. The molecule has 0 aliphatic heterocycles. The van der Waals surface area contributed by atoms with Gasteiger partial charge in [-0.1, -0.05) is 6.92 Å². The Morgan fingerprint density at radius 1 is 1.40 bits per heavy atom. The van der Waals surface area contributed by atoms with E-state index >= 15 is 0 Å². The third kappa shape index (κ3) is 2.96. The minimum atomic E-state index is -0.200. The highest BCUT2D eigenvalue weighted by atomic mass is 127. The Hall–Kier alpha value is -0.520. The lowest BCUT2D eigenvalue weighted by Crippen LogP contribution is -2.24. The van der Waals surface area contributed by atoms with Gasteiger partial charge in [-0.05, 0) is 42.0 Å². The highest BCUT2D eigenvalue weighted by Gasteiger charge is 2.10. The molecule has 4 heteroatoms. The van der Waals surface area contributed by atoms with Crippen LogP contribution in [0.1, 0.15) is 20.3 Å². The van der Waals surface area contributed by atoms with Gasteiger partial charge < -0.3 is 10.6 Å². The Morgan fingerprint density at radius 2 is 2.07 bits per heavy atom. The Labute approximate surface area is 104 Å². The average Bonchev–Trinajstić information content (AvgIpc) is 2.20. The molecule has 84 valence electrons. The number of hydrogen-bond acceptors (Lipinski definition) is 2. The van der Waals surface area contributed by atoms with Gasteiger partial charge in [0.05, 0.1) is 14.9 Å². The number of rotatable bonds is 4. The number of nitrogens with two attached hydrogens (primary N) is 1. The monoisotopic (exact) mass is 322 g/mol. The lowest BCUT2D eigenvalue weighted by atomic mass is 10.2. The zero-order valence-electron chi connectivity index (χ0n) is 9.06. The summed E-state index contributed by atoms with van der Waals surface area (Å²) in [4.78, 5) is 2.09. The normalized spacial score (nSPS) is 10.4. The van der Waals surface area contributed by atoms with Crippen LogP contribution in [0.3, 0.4) is 0 Å². The zero-order valence-corrected chi connectivity index (χ0v) is 11.2. The average molecular weight is 322 g/mol. The molecule has 0 atom stereocenters. The molecule has 1 aromatic rings. The summed E-state index contributed by atoms with van der Waals surface area (Å²) in [5, 5.41) is 0. The maximum absolute atomic E-state index is 13.4. The molecule has 2 N–H and O–H groups in total. The van der Waals surface area contributed by atoms with Gasteiger partial charge in [-0.2, -0.15) is 0 Å². The van der Waals surface area contributed by atoms with Gasteiger partial charge >= 0.3 is 0 Å². The van der Waals surface area contributed by atoms with E-state index in [1.807, 2.05) is 29.5 Å². The first-order valence-electron chi connectivity index (χ1n) is 5.09. The molecule has 0 saturated carbocycles. The molecule has 0 heterocycles. The smallest absolute Gasteiger partial charge is 0.138 e. The maximum atomic E-state index is 13.4. The van der Waals surface area contributed by atoms with E-state index < -0.39 is 0 Å². The molecule has 0 spiro atoms. The van der Waals surface area contributed by atoms with E-state index in [-0.39, 0.29) is 5.82 Å². The van der Waals surface area contributed by atoms with Crippen molar-refractivity contribution in [3.8, 4) is 0 Å². The fourth-order valence-corrected chi connectivity index (χ4v) is 2.04. The van der Waals surface area contributed by atoms with Gasteiger partial charge in [0.15, 0.2) is 0 Å². The van der Waals surface area contributed by atoms with Gasteiger partial charge in [0, 0.05) is 19.2 Å². The third-order valence-corrected chi connectivity index (χ3v) is 3.11. The minimum Gasteiger partial charge on any atom is -0.397 e. The first kappa shape index (κ1) is 12.5. The van der Waals surface area contributed by atoms with Gasteiger partial charge in [0.25, 0.3) is 0 Å². The summed E-state index contributed by atoms with van der Waals surface area (Å²) in [5.74, 6) is -0.200. The van der Waals surface area contributed by atoms with Gasteiger partial charge in [0.1, 0.15) is 5.82 Å². The highest BCUT2D eigenvalue weighted by molar-refractivity contribution is 14.1. The van der Waals surface area contributed by atoms with Crippen molar-refractivity contribution in [2.45, 2.75) is 20.3 Å². The van der Waals surface area contributed by atoms with Crippen LogP contribution in [0.4, 0.5) is 15.8 Å². The Balaban J connectivity index is 3.06. The van der Waals surface area contributed by atoms with Crippen molar-refractivity contribution in [2.75, 3.05) is 23.7 Å². The van der Waals surface area contributed by atoms with E-state index in [2.05, 4.69) is 11.8 Å². The highest BCUT2D eigenvalue weighted by Crippen LogP contribution is 2.27. The van der Waals surface area contributed by atoms with Crippen molar-refractivity contribution in [1.82, 2.24) is 0 Å². The summed E-state index contributed by atoms with van der Waals surface area (Å²) in [6, 6.07) is 3.21. The van der Waals surface area contributed by atoms with Crippen LogP contribution in [0.25, 0.3) is 0 Å². The predicted octanol–water partition coefficient (Wildman–Crippen LogP) is 3.25. The van der Waals surface area contributed by atoms with E-state index in [1.165, 1.54) is 6.07 Å². The second-order valence-corrected chi connectivity index (χ2v) is 4.57. The van der Waals surface area contributed by atoms with Crippen LogP contribution in [0, 0.1) is 9.39 Å². The molecule has 2 nitrogen and oxygen atoms in total. The van der Waals surface area contributed by atoms with E-state index in [9.17, 15) is 4.39 Å². The van der Waals surface area contributed by atoms with E-state index in [1.54, 1.807) is 6.07 Å². The molecule has 0 aliphatic carbocycles. The molecule has 0 fully saturated rings. The van der Waals surface area contributed by atoms with Gasteiger partial charge in [0.2, 0.25) is 0 Å². The summed E-state index contributed by atoms with van der Waals surface area (Å²) in [7, 11) is 0. The zero-order chi connectivity index (χ0) is 11.4. The fourth-order valence-electron chi connectivity index (χ4n) is 1.54. The molecule has 1 aromatic carbocycles. The van der Waals surface area contributed by atoms with Crippen molar-refractivity contribution in [3.63, 3.8) is 0 Å². The summed E-state index contributed by atoms with van der Waals surface area (Å²) < 4.78 is 14.0. The lowest BCUT2D eigenvalue weighted by molar-refractivity contribution is 0.619. The van der Waals surface area contributed by atoms with Crippen molar-refractivity contribution in [1.29, 1.82) is 0 Å². The van der Waals surface area contributed by atoms with Gasteiger partial charge in [-0.15, -0.1) is 0 Å². The molecule has 0 radical (unpaired) electrons. The molecular weight excluding hydrogens is 306 g/mol. The van der Waals surface area contributed by atoms with Crippen LogP contribution in [0.5, 0.6) is 0 Å². The topological polar surface area (TPSA) is 29.3 Å². The second kappa shape index (κ2) is 5.53. The van der Waals surface area contributed by atoms with Crippen LogP contribution >= 0.6 is 22.6 Å². The fraction of sp³-hybridized carbons (Fsp3) is 0.455. The van der Waals surface area contributed by atoms with Gasteiger partial charge in [-0.3, -0.25) is 0 Å². The number of benzene rings is 1. The Bertz CT molecular complexity index is 342. The maximum Gasteiger partial charge on any atom is 0.138 e. The van der Waals surface area contributed by atoms with Crippen LogP contribution in [-0.2, 0) is 0 Å². The standard InChI is InChI=1S/C11H16FIN2/c1-3-5-15(4-2)11-6-8(12)9(13)7-10(11)14/h6-7H,3-5,14H2,1-2H3. The Kier molecular flexibility index (Phi) is 4.63. The quantitative estimate of drug-likeness (QED) is 0.681. The molecule has 1 rings (SSSR count). The molecular formula is C11H16FIN2. The van der Waals surface area contributed by atoms with E-state index in [4.69, 9.17) is 5.73 Å². The Morgan fingerprint density at radius 3 is 2.60 bits per heavy atom. The molecule has 15 heavy (non-hydrogen) atoms. The summed E-state index contributed by atoms with van der Waals surface area (Å²) >= 11 is 1.95. The van der Waals surface area contributed by atoms with Crippen LogP contribution < -0.4 is 10.6 Å². The molecule has 0 bridgehead atoms. The molecule has 0 amide bonds. The summed E-state index contributed by atoms with van der Waals surface area (Å²) in [6.07, 6.45) is 1.03. The third-order valence-electron chi connectivity index (χ3n) is 2.29. The number of hydrogen-bond donors (Lipinski definition) is 1. The van der Waals surface area contributed by atoms with Crippen molar-refractivity contribution in [2.24, 2.45) is 0 Å². The predicted molar refractivity (Wildman–Crippen MR) is 71.7 cm³/mol. The van der Waals surface area contributed by atoms with Crippen molar-refractivity contribution >= 4 is 34.0 Å². The molecule has 0 aromatic heterocycles.